The SMILES string of the molecule is C=Cc1nc(N[C@H](C)c2cccc3ccccc23)c2sccc2n1. The summed E-state index contributed by atoms with van der Waals surface area (Å²) in [7, 11) is 0. The van der Waals surface area contributed by atoms with E-state index >= 15 is 0 Å². The Morgan fingerprint density at radius 3 is 2.79 bits per heavy atom. The van der Waals surface area contributed by atoms with Gasteiger partial charge in [-0.1, -0.05) is 49.0 Å². The molecule has 0 spiro atoms. The van der Waals surface area contributed by atoms with Gasteiger partial charge in [0.25, 0.3) is 0 Å². The molecular weight excluding hydrogens is 314 g/mol. The molecule has 0 aliphatic rings. The first-order valence-electron chi connectivity index (χ1n) is 7.88. The molecule has 2 aromatic heterocycles. The van der Waals surface area contributed by atoms with Gasteiger partial charge < -0.3 is 5.32 Å². The van der Waals surface area contributed by atoms with Crippen LogP contribution in [-0.2, 0) is 0 Å². The molecule has 0 unspecified atom stereocenters. The van der Waals surface area contributed by atoms with Crippen LogP contribution >= 0.6 is 11.3 Å². The second kappa shape index (κ2) is 6.06. The minimum absolute atomic E-state index is 0.133. The lowest BCUT2D eigenvalue weighted by Gasteiger charge is -2.18. The fraction of sp³-hybridized carbons (Fsp3) is 0.100. The van der Waals surface area contributed by atoms with Gasteiger partial charge in [-0.3, -0.25) is 0 Å². The molecule has 0 saturated heterocycles. The summed E-state index contributed by atoms with van der Waals surface area (Å²) in [5, 5.41) is 8.12. The van der Waals surface area contributed by atoms with Crippen LogP contribution in [0.3, 0.4) is 0 Å². The van der Waals surface area contributed by atoms with Crippen molar-refractivity contribution in [1.82, 2.24) is 9.97 Å². The predicted molar refractivity (Wildman–Crippen MR) is 103 cm³/mol. The third-order valence-electron chi connectivity index (χ3n) is 4.15. The first-order chi connectivity index (χ1) is 11.8. The second-order valence-electron chi connectivity index (χ2n) is 5.70. The van der Waals surface area contributed by atoms with Crippen molar-refractivity contribution in [1.29, 1.82) is 0 Å². The number of benzene rings is 2. The Labute approximate surface area is 144 Å². The van der Waals surface area contributed by atoms with Gasteiger partial charge in [0.05, 0.1) is 16.3 Å². The van der Waals surface area contributed by atoms with E-state index in [-0.39, 0.29) is 6.04 Å². The van der Waals surface area contributed by atoms with Crippen LogP contribution in [0.2, 0.25) is 0 Å². The molecule has 0 bridgehead atoms. The predicted octanol–water partition coefficient (Wildman–Crippen LogP) is 5.66. The molecule has 4 aromatic rings. The van der Waals surface area contributed by atoms with Gasteiger partial charge in [-0.15, -0.1) is 11.3 Å². The topological polar surface area (TPSA) is 37.8 Å². The quantitative estimate of drug-likeness (QED) is 0.524. The van der Waals surface area contributed by atoms with Gasteiger partial charge in [-0.2, -0.15) is 0 Å². The van der Waals surface area contributed by atoms with Gasteiger partial charge in [-0.05, 0) is 40.8 Å². The Morgan fingerprint density at radius 2 is 1.92 bits per heavy atom. The van der Waals surface area contributed by atoms with E-state index in [9.17, 15) is 0 Å². The highest BCUT2D eigenvalue weighted by molar-refractivity contribution is 7.17. The summed E-state index contributed by atoms with van der Waals surface area (Å²) in [5.74, 6) is 1.51. The van der Waals surface area contributed by atoms with Crippen LogP contribution in [0, 0.1) is 0 Å². The number of anilines is 1. The van der Waals surface area contributed by atoms with Crippen molar-refractivity contribution in [2.24, 2.45) is 0 Å². The van der Waals surface area contributed by atoms with Crippen LogP contribution in [0.4, 0.5) is 5.82 Å². The van der Waals surface area contributed by atoms with Crippen LogP contribution in [0.15, 0.2) is 60.5 Å². The minimum atomic E-state index is 0.133. The lowest BCUT2D eigenvalue weighted by Crippen LogP contribution is -2.09. The van der Waals surface area contributed by atoms with E-state index < -0.39 is 0 Å². The molecule has 1 N–H and O–H groups in total. The number of rotatable bonds is 4. The summed E-state index contributed by atoms with van der Waals surface area (Å²) < 4.78 is 1.08. The van der Waals surface area contributed by atoms with Crippen molar-refractivity contribution in [2.75, 3.05) is 5.32 Å². The van der Waals surface area contributed by atoms with E-state index in [1.807, 2.05) is 11.4 Å². The van der Waals surface area contributed by atoms with E-state index in [0.29, 0.717) is 5.82 Å². The van der Waals surface area contributed by atoms with Crippen LogP contribution in [0.25, 0.3) is 27.1 Å². The molecule has 4 rings (SSSR count). The number of nitrogens with one attached hydrogen (secondary N) is 1. The zero-order chi connectivity index (χ0) is 16.5. The highest BCUT2D eigenvalue weighted by Gasteiger charge is 2.13. The molecule has 0 radical (unpaired) electrons. The van der Waals surface area contributed by atoms with Crippen molar-refractivity contribution in [3.05, 3.63) is 71.9 Å². The number of hydrogen-bond donors (Lipinski definition) is 1. The zero-order valence-electron chi connectivity index (χ0n) is 13.4. The van der Waals surface area contributed by atoms with Gasteiger partial charge in [0.2, 0.25) is 0 Å². The fourth-order valence-corrected chi connectivity index (χ4v) is 3.77. The highest BCUT2D eigenvalue weighted by atomic mass is 32.1. The number of fused-ring (bicyclic) bond motifs is 2. The van der Waals surface area contributed by atoms with Crippen molar-refractivity contribution in [3.63, 3.8) is 0 Å². The van der Waals surface area contributed by atoms with Gasteiger partial charge in [0.1, 0.15) is 5.82 Å². The first-order valence-corrected chi connectivity index (χ1v) is 8.76. The standard InChI is InChI=1S/C20H17N3S/c1-3-18-22-17-11-12-24-19(17)20(23-18)21-13(2)15-10-6-8-14-7-4-5-9-16(14)15/h3-13H,1H2,2H3,(H,21,22,23)/t13-/m1/s1. The van der Waals surface area contributed by atoms with Crippen LogP contribution in [-0.4, -0.2) is 9.97 Å². The lowest BCUT2D eigenvalue weighted by atomic mass is 10.00. The van der Waals surface area contributed by atoms with Crippen molar-refractivity contribution in [3.8, 4) is 0 Å². The average molecular weight is 331 g/mol. The summed E-state index contributed by atoms with van der Waals surface area (Å²) in [6.07, 6.45) is 1.69. The third-order valence-corrected chi connectivity index (χ3v) is 5.06. The van der Waals surface area contributed by atoms with E-state index in [0.717, 1.165) is 16.0 Å². The minimum Gasteiger partial charge on any atom is -0.362 e. The van der Waals surface area contributed by atoms with Crippen LogP contribution in [0.1, 0.15) is 24.4 Å². The number of thiophene rings is 1. The molecule has 24 heavy (non-hydrogen) atoms. The number of aromatic nitrogens is 2. The third kappa shape index (κ3) is 2.55. The Morgan fingerprint density at radius 1 is 1.08 bits per heavy atom. The van der Waals surface area contributed by atoms with Crippen molar-refractivity contribution < 1.29 is 0 Å². The monoisotopic (exact) mass is 331 g/mol. The molecule has 0 saturated carbocycles. The summed E-state index contributed by atoms with van der Waals surface area (Å²) in [4.78, 5) is 9.09. The molecule has 1 atom stereocenters. The smallest absolute Gasteiger partial charge is 0.154 e. The number of hydrogen-bond acceptors (Lipinski definition) is 4. The molecule has 2 heterocycles. The van der Waals surface area contributed by atoms with E-state index in [1.165, 1.54) is 16.3 Å². The Kier molecular flexibility index (Phi) is 3.75. The molecule has 0 aliphatic heterocycles. The fourth-order valence-electron chi connectivity index (χ4n) is 2.98. The Bertz CT molecular complexity index is 1030. The zero-order valence-corrected chi connectivity index (χ0v) is 14.2. The molecule has 4 heteroatoms. The Hall–Kier alpha value is -2.72. The Balaban J connectivity index is 1.77. The van der Waals surface area contributed by atoms with E-state index in [4.69, 9.17) is 0 Å². The maximum Gasteiger partial charge on any atom is 0.154 e. The van der Waals surface area contributed by atoms with Crippen LogP contribution in [0.5, 0.6) is 0 Å². The van der Waals surface area contributed by atoms with E-state index in [2.05, 4.69) is 71.3 Å². The maximum atomic E-state index is 4.61. The normalized spacial score (nSPS) is 12.4. The van der Waals surface area contributed by atoms with Crippen LogP contribution < -0.4 is 5.32 Å². The average Bonchev–Trinajstić information content (AvgIpc) is 3.10. The van der Waals surface area contributed by atoms with Gasteiger partial charge in [0, 0.05) is 0 Å². The van der Waals surface area contributed by atoms with Gasteiger partial charge >= 0.3 is 0 Å². The lowest BCUT2D eigenvalue weighted by molar-refractivity contribution is 0.885. The molecule has 2 aromatic carbocycles. The number of nitrogens with zero attached hydrogens (tertiary/aromatic N) is 2. The highest BCUT2D eigenvalue weighted by Crippen LogP contribution is 2.31. The molecule has 0 aliphatic carbocycles. The summed E-state index contributed by atoms with van der Waals surface area (Å²) in [5.41, 5.74) is 2.22. The maximum absolute atomic E-state index is 4.61. The molecule has 118 valence electrons. The second-order valence-corrected chi connectivity index (χ2v) is 6.62. The van der Waals surface area contributed by atoms with Crippen molar-refractivity contribution >= 4 is 44.2 Å². The molecule has 0 fully saturated rings. The first kappa shape index (κ1) is 14.8. The van der Waals surface area contributed by atoms with Gasteiger partial charge in [0.15, 0.2) is 5.82 Å². The van der Waals surface area contributed by atoms with E-state index in [1.54, 1.807) is 17.4 Å². The summed E-state index contributed by atoms with van der Waals surface area (Å²) >= 11 is 1.65. The van der Waals surface area contributed by atoms with Crippen molar-refractivity contribution in [2.45, 2.75) is 13.0 Å². The summed E-state index contributed by atoms with van der Waals surface area (Å²) in [6.45, 7) is 5.96. The summed E-state index contributed by atoms with van der Waals surface area (Å²) in [6, 6.07) is 17.0. The molecular formula is C20H17N3S. The molecule has 0 amide bonds. The van der Waals surface area contributed by atoms with Gasteiger partial charge in [-0.25, -0.2) is 9.97 Å². The molecule has 3 nitrogen and oxygen atoms in total. The largest absolute Gasteiger partial charge is 0.362 e.